The molecule has 23 heavy (non-hydrogen) atoms. The summed E-state index contributed by atoms with van der Waals surface area (Å²) in [5.41, 5.74) is 0. The summed E-state index contributed by atoms with van der Waals surface area (Å²) in [4.78, 5) is 0. The van der Waals surface area contributed by atoms with E-state index in [0.29, 0.717) is 0 Å². The largest absolute Gasteiger partial charge is 0.214 e. The molecular formula is C20H18Fe2Hg. The standard InChI is InChI=1S/2C5H5.2C5H4.2Fe.Hg/c4*1-2-4-5-3-1;;;/h2*1-5H;2*1-4H;;;/q4*-1;2*+2;. The summed E-state index contributed by atoms with van der Waals surface area (Å²) < 4.78 is 3.24. The van der Waals surface area contributed by atoms with E-state index in [-0.39, 0.29) is 34.1 Å². The molecule has 0 saturated heterocycles. The van der Waals surface area contributed by atoms with E-state index in [1.807, 2.05) is 60.7 Å². The van der Waals surface area contributed by atoms with Gasteiger partial charge in [-0.05, 0) is 0 Å². The maximum Gasteiger partial charge on any atom is -0.172 e. The molecule has 0 saturated carbocycles. The zero-order chi connectivity index (χ0) is 14.6. The van der Waals surface area contributed by atoms with Crippen molar-refractivity contribution in [3.8, 4) is 0 Å². The molecular weight excluding hydrogens is 553 g/mol. The third-order valence-corrected chi connectivity index (χ3v) is 9.82. The van der Waals surface area contributed by atoms with Crippen LogP contribution in [0.2, 0.25) is 0 Å². The summed E-state index contributed by atoms with van der Waals surface area (Å²) in [6, 6.07) is 37.6. The van der Waals surface area contributed by atoms with Crippen molar-refractivity contribution in [3.63, 3.8) is 0 Å². The minimum Gasteiger partial charge on any atom is -0.214 e. The van der Waals surface area contributed by atoms with Crippen LogP contribution in [0.1, 0.15) is 0 Å². The maximum atomic E-state index is 2.26. The fraction of sp³-hybridized carbons (Fsp3) is 0. The van der Waals surface area contributed by atoms with Crippen LogP contribution in [-0.4, -0.2) is 0 Å². The molecule has 0 heterocycles. The van der Waals surface area contributed by atoms with Gasteiger partial charge in [0.15, 0.2) is 0 Å². The van der Waals surface area contributed by atoms with Crippen LogP contribution in [0.3, 0.4) is 0 Å². The third-order valence-electron chi connectivity index (χ3n) is 2.98. The first kappa shape index (κ1) is 22.4. The van der Waals surface area contributed by atoms with E-state index >= 15 is 0 Å². The topological polar surface area (TPSA) is 0 Å². The first-order valence-corrected chi connectivity index (χ1v) is 12.7. The Bertz CT molecular complexity index is 525. The Labute approximate surface area is 172 Å². The second-order valence-corrected chi connectivity index (χ2v) is 12.4. The fourth-order valence-electron chi connectivity index (χ4n) is 1.94. The maximum absolute atomic E-state index is 2.26. The van der Waals surface area contributed by atoms with Gasteiger partial charge in [0.2, 0.25) is 0 Å². The van der Waals surface area contributed by atoms with Crippen molar-refractivity contribution in [2.45, 2.75) is 0 Å². The summed E-state index contributed by atoms with van der Waals surface area (Å²) in [5, 5.41) is 0. The van der Waals surface area contributed by atoms with Crippen molar-refractivity contribution in [2.75, 3.05) is 0 Å². The molecule has 0 aliphatic rings. The van der Waals surface area contributed by atoms with Gasteiger partial charge in [-0.3, -0.25) is 0 Å². The summed E-state index contributed by atoms with van der Waals surface area (Å²) in [5.74, 6) is 0. The molecule has 116 valence electrons. The van der Waals surface area contributed by atoms with Gasteiger partial charge < -0.3 is 0 Å². The first-order valence-electron chi connectivity index (χ1n) is 7.20. The Morgan fingerprint density at radius 1 is 0.478 bits per heavy atom. The van der Waals surface area contributed by atoms with Crippen LogP contribution in [0.5, 0.6) is 0 Å². The molecule has 0 nitrogen and oxygen atoms in total. The van der Waals surface area contributed by atoms with E-state index in [0.717, 1.165) is 0 Å². The van der Waals surface area contributed by atoms with Crippen LogP contribution >= 0.6 is 0 Å². The molecule has 3 heteroatoms. The predicted octanol–water partition coefficient (Wildman–Crippen LogP) is 3.96. The van der Waals surface area contributed by atoms with Gasteiger partial charge in [-0.1, -0.05) is 0 Å². The quantitative estimate of drug-likeness (QED) is 0.253. The summed E-state index contributed by atoms with van der Waals surface area (Å²) >= 11 is -0.881. The molecule has 0 atom stereocenters. The molecule has 0 radical (unpaired) electrons. The molecule has 0 aliphatic heterocycles. The second-order valence-electron chi connectivity index (χ2n) is 4.69. The first-order chi connectivity index (χ1) is 10.4. The van der Waals surface area contributed by atoms with E-state index in [2.05, 4.69) is 48.5 Å². The van der Waals surface area contributed by atoms with Crippen molar-refractivity contribution in [1.82, 2.24) is 0 Å². The molecule has 4 rings (SSSR count). The molecule has 0 amide bonds. The van der Waals surface area contributed by atoms with Crippen LogP contribution in [0.25, 0.3) is 0 Å². The molecule has 0 unspecified atom stereocenters. The average molecular weight is 571 g/mol. The Hall–Kier alpha value is -0.626. The van der Waals surface area contributed by atoms with Gasteiger partial charge in [0.05, 0.1) is 0 Å². The zero-order valence-electron chi connectivity index (χ0n) is 12.8. The predicted molar refractivity (Wildman–Crippen MR) is 87.4 cm³/mol. The fourth-order valence-corrected chi connectivity index (χ4v) is 7.72. The number of hydrogen-bond acceptors (Lipinski definition) is 0. The van der Waals surface area contributed by atoms with Crippen LogP contribution in [0.15, 0.2) is 109 Å². The summed E-state index contributed by atoms with van der Waals surface area (Å²) in [6.07, 6.45) is 0. The molecule has 0 aliphatic carbocycles. The molecule has 0 spiro atoms. The van der Waals surface area contributed by atoms with Crippen LogP contribution < -0.4 is 6.14 Å². The third kappa shape index (κ3) is 10.7. The molecule has 0 aromatic heterocycles. The molecule has 0 bridgehead atoms. The van der Waals surface area contributed by atoms with E-state index in [1.54, 1.807) is 6.14 Å². The van der Waals surface area contributed by atoms with Crippen molar-refractivity contribution >= 4 is 6.14 Å². The summed E-state index contributed by atoms with van der Waals surface area (Å²) in [7, 11) is 0. The minimum atomic E-state index is -0.881. The Balaban J connectivity index is 0.000000342. The molecule has 4 aromatic rings. The zero-order valence-corrected chi connectivity index (χ0v) is 20.5. The van der Waals surface area contributed by atoms with Gasteiger partial charge >= 0.3 is 113 Å². The Morgan fingerprint density at radius 3 is 1.00 bits per heavy atom. The van der Waals surface area contributed by atoms with Gasteiger partial charge in [-0.2, -0.15) is 36.4 Å². The van der Waals surface area contributed by atoms with E-state index in [9.17, 15) is 0 Å². The van der Waals surface area contributed by atoms with Gasteiger partial charge in [0.1, 0.15) is 0 Å². The molecule has 4 aromatic carbocycles. The van der Waals surface area contributed by atoms with Crippen LogP contribution in [0, 0.1) is 0 Å². The second kappa shape index (κ2) is 14.9. The van der Waals surface area contributed by atoms with Crippen LogP contribution in [-0.2, 0) is 58.7 Å². The van der Waals surface area contributed by atoms with Crippen molar-refractivity contribution < 1.29 is 58.7 Å². The van der Waals surface area contributed by atoms with Crippen molar-refractivity contribution in [3.05, 3.63) is 109 Å². The Morgan fingerprint density at radius 2 is 0.783 bits per heavy atom. The smallest absolute Gasteiger partial charge is 0.172 e. The van der Waals surface area contributed by atoms with E-state index < -0.39 is 24.6 Å². The molecule has 0 fully saturated rings. The summed E-state index contributed by atoms with van der Waals surface area (Å²) in [6.45, 7) is 0. The van der Waals surface area contributed by atoms with Crippen molar-refractivity contribution in [2.24, 2.45) is 0 Å². The van der Waals surface area contributed by atoms with Gasteiger partial charge in [-0.15, -0.1) is 0 Å². The van der Waals surface area contributed by atoms with Crippen molar-refractivity contribution in [1.29, 1.82) is 0 Å². The average Bonchev–Trinajstić information content (AvgIpc) is 3.30. The van der Waals surface area contributed by atoms with E-state index in [4.69, 9.17) is 0 Å². The van der Waals surface area contributed by atoms with Gasteiger partial charge in [0, 0.05) is 0 Å². The van der Waals surface area contributed by atoms with Crippen LogP contribution in [0.4, 0.5) is 0 Å². The Kier molecular flexibility index (Phi) is 14.5. The van der Waals surface area contributed by atoms with Gasteiger partial charge in [0.25, 0.3) is 0 Å². The molecule has 0 N–H and O–H groups in total. The number of rotatable bonds is 2. The minimum absolute atomic E-state index is 0. The SMILES string of the molecule is [Fe+2].[Fe+2].c1cc[c-]([Hg][c-]2cccc2)c1.c1cc[cH-]c1.c1cc[cH-]c1. The number of hydrogen-bond donors (Lipinski definition) is 0. The van der Waals surface area contributed by atoms with E-state index in [1.165, 1.54) is 0 Å². The normalized spacial score (nSPS) is 8.00. The monoisotopic (exact) mass is 572 g/mol. The van der Waals surface area contributed by atoms with Gasteiger partial charge in [-0.25, -0.2) is 24.3 Å².